The van der Waals surface area contributed by atoms with Crippen molar-refractivity contribution in [1.29, 1.82) is 0 Å². The van der Waals surface area contributed by atoms with E-state index >= 15 is 0 Å². The van der Waals surface area contributed by atoms with E-state index in [0.29, 0.717) is 42.9 Å². The van der Waals surface area contributed by atoms with Crippen LogP contribution in [0.3, 0.4) is 0 Å². The van der Waals surface area contributed by atoms with Gasteiger partial charge in [0, 0.05) is 36.2 Å². The maximum Gasteiger partial charge on any atom is 0.434 e. The monoisotopic (exact) mass is 533 g/mol. The van der Waals surface area contributed by atoms with Gasteiger partial charge in [0.1, 0.15) is 0 Å². The van der Waals surface area contributed by atoms with E-state index in [0.717, 1.165) is 27.4 Å². The maximum atomic E-state index is 12.6. The predicted molar refractivity (Wildman–Crippen MR) is 115 cm³/mol. The molecular weight excluding hydrogens is 510 g/mol. The highest BCUT2D eigenvalue weighted by Gasteiger charge is 2.33. The fraction of sp³-hybridized carbons (Fsp3) is 0.562. The second-order valence-corrected chi connectivity index (χ2v) is 7.66. The topological polar surface area (TPSA) is 62.2 Å². The third kappa shape index (κ3) is 7.90. The first kappa shape index (κ1) is 24.1. The molecule has 0 saturated heterocycles. The first-order chi connectivity index (χ1) is 12.3. The van der Waals surface area contributed by atoms with Gasteiger partial charge in [-0.1, -0.05) is 13.8 Å². The van der Waals surface area contributed by atoms with E-state index in [1.807, 2.05) is 12.3 Å². The van der Waals surface area contributed by atoms with Crippen molar-refractivity contribution in [3.8, 4) is 0 Å². The Morgan fingerprint density at radius 2 is 1.93 bits per heavy atom. The van der Waals surface area contributed by atoms with Crippen LogP contribution in [0.4, 0.5) is 13.2 Å². The molecule has 2 aromatic heterocycles. The Balaban J connectivity index is 0.00000364. The number of rotatable bonds is 7. The maximum absolute atomic E-state index is 12.6. The van der Waals surface area contributed by atoms with Crippen molar-refractivity contribution >= 4 is 52.6 Å². The summed E-state index contributed by atoms with van der Waals surface area (Å²) in [5.74, 6) is 1.00. The predicted octanol–water partition coefficient (Wildman–Crippen LogP) is 4.66. The lowest BCUT2D eigenvalue weighted by Crippen LogP contribution is -2.38. The Morgan fingerprint density at radius 3 is 2.48 bits per heavy atom. The van der Waals surface area contributed by atoms with Crippen molar-refractivity contribution in [1.82, 2.24) is 20.6 Å². The minimum Gasteiger partial charge on any atom is -0.357 e. The molecule has 0 fully saturated rings. The quantitative estimate of drug-likeness (QED) is 0.309. The smallest absolute Gasteiger partial charge is 0.357 e. The minimum atomic E-state index is -4.39. The van der Waals surface area contributed by atoms with Crippen LogP contribution in [0, 0.1) is 0 Å². The average Bonchev–Trinajstić information content (AvgIpc) is 3.21. The van der Waals surface area contributed by atoms with Gasteiger partial charge in [-0.2, -0.15) is 13.2 Å². The van der Waals surface area contributed by atoms with Crippen LogP contribution >= 0.6 is 46.7 Å². The van der Waals surface area contributed by atoms with Gasteiger partial charge in [-0.15, -0.1) is 46.7 Å². The first-order valence-electron chi connectivity index (χ1n) is 8.27. The van der Waals surface area contributed by atoms with Crippen molar-refractivity contribution in [3.05, 3.63) is 32.2 Å². The first-order valence-corrected chi connectivity index (χ1v) is 10.0. The lowest BCUT2D eigenvalue weighted by molar-refractivity contribution is -0.140. The molecule has 2 heterocycles. The van der Waals surface area contributed by atoms with Crippen LogP contribution in [-0.2, 0) is 19.1 Å². The molecule has 5 nitrogen and oxygen atoms in total. The Morgan fingerprint density at radius 1 is 1.19 bits per heavy atom. The van der Waals surface area contributed by atoms with Crippen molar-refractivity contribution in [3.63, 3.8) is 0 Å². The molecular formula is C16H23F3IN5S2. The molecule has 0 aliphatic carbocycles. The summed E-state index contributed by atoms with van der Waals surface area (Å²) in [6.45, 7) is 7.74. The zero-order valence-electron chi connectivity index (χ0n) is 15.3. The summed E-state index contributed by atoms with van der Waals surface area (Å²) in [7, 11) is 0. The van der Waals surface area contributed by atoms with Gasteiger partial charge >= 0.3 is 6.18 Å². The standard InChI is InChI=1S/C16H22F3N5S2.HI/c1-4-20-15(22-7-11-8-26-14(23-11)10(2)3)21-6-5-13-24-12(9-25-13)16(17,18)19;/h8-10H,4-7H2,1-3H3,(H2,20,21,22);1H. The number of hydrogen-bond acceptors (Lipinski definition) is 5. The Labute approximate surface area is 181 Å². The van der Waals surface area contributed by atoms with E-state index in [1.165, 1.54) is 0 Å². The van der Waals surface area contributed by atoms with Gasteiger partial charge in [-0.05, 0) is 6.92 Å². The molecule has 11 heteroatoms. The minimum absolute atomic E-state index is 0. The zero-order chi connectivity index (χ0) is 19.2. The largest absolute Gasteiger partial charge is 0.434 e. The van der Waals surface area contributed by atoms with Crippen LogP contribution in [0.2, 0.25) is 0 Å². The molecule has 0 aliphatic heterocycles. The average molecular weight is 533 g/mol. The van der Waals surface area contributed by atoms with Gasteiger partial charge < -0.3 is 10.6 Å². The Bertz CT molecular complexity index is 728. The van der Waals surface area contributed by atoms with Crippen LogP contribution in [0.25, 0.3) is 0 Å². The number of guanidine groups is 1. The molecule has 2 N–H and O–H groups in total. The molecule has 2 aromatic rings. The third-order valence-electron chi connectivity index (χ3n) is 3.28. The summed E-state index contributed by atoms with van der Waals surface area (Å²) in [5.41, 5.74) is 0.0770. The molecule has 0 saturated carbocycles. The SMILES string of the molecule is CCNC(=NCc1csc(C(C)C)n1)NCCc1nc(C(F)(F)F)cs1.I. The summed E-state index contributed by atoms with van der Waals surface area (Å²) in [6.07, 6.45) is -3.99. The van der Waals surface area contributed by atoms with Gasteiger partial charge in [-0.3, -0.25) is 0 Å². The molecule has 0 atom stereocenters. The Kier molecular flexibility index (Phi) is 9.95. The zero-order valence-corrected chi connectivity index (χ0v) is 19.2. The highest BCUT2D eigenvalue weighted by atomic mass is 127. The molecule has 0 bridgehead atoms. The normalized spacial score (nSPS) is 12.2. The second kappa shape index (κ2) is 11.1. The summed E-state index contributed by atoms with van der Waals surface area (Å²) >= 11 is 2.64. The molecule has 0 amide bonds. The molecule has 152 valence electrons. The number of alkyl halides is 3. The lowest BCUT2D eigenvalue weighted by atomic mass is 10.2. The van der Waals surface area contributed by atoms with Crippen molar-refractivity contribution < 1.29 is 13.2 Å². The van der Waals surface area contributed by atoms with E-state index in [9.17, 15) is 13.2 Å². The number of nitrogens with one attached hydrogen (secondary N) is 2. The van der Waals surface area contributed by atoms with E-state index < -0.39 is 11.9 Å². The van der Waals surface area contributed by atoms with Crippen molar-refractivity contribution in [2.24, 2.45) is 4.99 Å². The summed E-state index contributed by atoms with van der Waals surface area (Å²) in [4.78, 5) is 12.6. The number of halogens is 4. The fourth-order valence-electron chi connectivity index (χ4n) is 2.01. The molecule has 27 heavy (non-hydrogen) atoms. The second-order valence-electron chi connectivity index (χ2n) is 5.83. The fourth-order valence-corrected chi connectivity index (χ4v) is 3.64. The third-order valence-corrected chi connectivity index (χ3v) is 5.38. The Hall–Kier alpha value is -0.950. The summed E-state index contributed by atoms with van der Waals surface area (Å²) in [5, 5.41) is 10.8. The van der Waals surface area contributed by atoms with Crippen LogP contribution in [0.5, 0.6) is 0 Å². The number of thiazole rings is 2. The summed E-state index contributed by atoms with van der Waals surface area (Å²) < 4.78 is 37.7. The van der Waals surface area contributed by atoms with E-state index in [-0.39, 0.29) is 24.0 Å². The molecule has 2 rings (SSSR count). The van der Waals surface area contributed by atoms with E-state index in [1.54, 1.807) is 11.3 Å². The lowest BCUT2D eigenvalue weighted by Gasteiger charge is -2.10. The molecule has 0 aliphatic rings. The van der Waals surface area contributed by atoms with Gasteiger partial charge in [-0.25, -0.2) is 15.0 Å². The molecule has 0 unspecified atom stereocenters. The van der Waals surface area contributed by atoms with Gasteiger partial charge in [0.05, 0.1) is 22.3 Å². The van der Waals surface area contributed by atoms with Crippen LogP contribution in [0.15, 0.2) is 15.8 Å². The van der Waals surface area contributed by atoms with Gasteiger partial charge in [0.15, 0.2) is 11.7 Å². The van der Waals surface area contributed by atoms with Crippen molar-refractivity contribution in [2.45, 2.75) is 45.8 Å². The van der Waals surface area contributed by atoms with Gasteiger partial charge in [0.25, 0.3) is 0 Å². The molecule has 0 spiro atoms. The number of aliphatic imine (C=N–C) groups is 1. The number of nitrogens with zero attached hydrogens (tertiary/aromatic N) is 3. The van der Waals surface area contributed by atoms with Crippen LogP contribution < -0.4 is 10.6 Å². The number of hydrogen-bond donors (Lipinski definition) is 2. The van der Waals surface area contributed by atoms with Crippen LogP contribution in [-0.4, -0.2) is 29.0 Å². The van der Waals surface area contributed by atoms with Crippen molar-refractivity contribution in [2.75, 3.05) is 13.1 Å². The van der Waals surface area contributed by atoms with Gasteiger partial charge in [0.2, 0.25) is 0 Å². The number of aromatic nitrogens is 2. The highest BCUT2D eigenvalue weighted by Crippen LogP contribution is 2.30. The molecule has 0 aromatic carbocycles. The van der Waals surface area contributed by atoms with E-state index in [2.05, 4.69) is 39.4 Å². The van der Waals surface area contributed by atoms with Crippen LogP contribution in [0.1, 0.15) is 48.1 Å². The summed E-state index contributed by atoms with van der Waals surface area (Å²) in [6, 6.07) is 0. The molecule has 0 radical (unpaired) electrons. The van der Waals surface area contributed by atoms with E-state index in [4.69, 9.17) is 0 Å². The highest BCUT2D eigenvalue weighted by molar-refractivity contribution is 14.0.